The van der Waals surface area contributed by atoms with Crippen molar-refractivity contribution in [3.63, 3.8) is 0 Å². The van der Waals surface area contributed by atoms with Crippen molar-refractivity contribution in [2.24, 2.45) is 5.92 Å². The fourth-order valence-electron chi connectivity index (χ4n) is 0.575. The van der Waals surface area contributed by atoms with Gasteiger partial charge in [-0.25, -0.2) is 0 Å². The summed E-state index contributed by atoms with van der Waals surface area (Å²) in [5.41, 5.74) is 0. The summed E-state index contributed by atoms with van der Waals surface area (Å²) >= 11 is 0. The third-order valence-corrected chi connectivity index (χ3v) is 1.16. The summed E-state index contributed by atoms with van der Waals surface area (Å²) < 4.78 is 0. The van der Waals surface area contributed by atoms with E-state index in [1.807, 2.05) is 6.92 Å². The topological polar surface area (TPSA) is 20.2 Å². The molecule has 0 spiro atoms. The number of hydrogen-bond acceptors (Lipinski definition) is 1. The fourth-order valence-corrected chi connectivity index (χ4v) is 0.575. The monoisotopic (exact) mass is 116 g/mol. The molecule has 0 saturated carbocycles. The molecule has 1 unspecified atom stereocenters. The van der Waals surface area contributed by atoms with Gasteiger partial charge in [-0.1, -0.05) is 13.8 Å². The second-order valence-corrected chi connectivity index (χ2v) is 2.82. The Labute approximate surface area is 51.7 Å². The van der Waals surface area contributed by atoms with Crippen molar-refractivity contribution >= 4 is 0 Å². The maximum atomic E-state index is 8.80. The Morgan fingerprint density at radius 2 is 1.62 bits per heavy atom. The third kappa shape index (κ3) is 5.96. The van der Waals surface area contributed by atoms with Crippen LogP contribution in [0.3, 0.4) is 0 Å². The van der Waals surface area contributed by atoms with Gasteiger partial charge in [0.2, 0.25) is 0 Å². The first-order valence-electron chi connectivity index (χ1n) is 3.31. The Bertz CT molecular complexity index is 40.3. The molecule has 0 amide bonds. The first-order chi connectivity index (χ1) is 3.63. The molecule has 0 saturated heterocycles. The molecule has 0 radical (unpaired) electrons. The Morgan fingerprint density at radius 1 is 1.12 bits per heavy atom. The second kappa shape index (κ2) is 3.90. The van der Waals surface area contributed by atoms with E-state index in [4.69, 9.17) is 5.11 Å². The third-order valence-electron chi connectivity index (χ3n) is 1.16. The summed E-state index contributed by atoms with van der Waals surface area (Å²) in [6.45, 7) is 6.17. The minimum atomic E-state index is -0.114. The molecule has 0 aliphatic carbocycles. The Hall–Kier alpha value is -0.0400. The van der Waals surface area contributed by atoms with E-state index in [1.165, 1.54) is 0 Å². The van der Waals surface area contributed by atoms with Gasteiger partial charge < -0.3 is 5.11 Å². The van der Waals surface area contributed by atoms with E-state index in [0.717, 1.165) is 18.8 Å². The van der Waals surface area contributed by atoms with Crippen molar-refractivity contribution in [3.8, 4) is 0 Å². The van der Waals surface area contributed by atoms with Gasteiger partial charge in [0.25, 0.3) is 0 Å². The first kappa shape index (κ1) is 7.96. The van der Waals surface area contributed by atoms with E-state index in [1.54, 1.807) is 0 Å². The molecular formula is C7H16O. The van der Waals surface area contributed by atoms with E-state index in [-0.39, 0.29) is 6.10 Å². The van der Waals surface area contributed by atoms with Crippen molar-refractivity contribution < 1.29 is 5.11 Å². The highest BCUT2D eigenvalue weighted by atomic mass is 16.3. The minimum Gasteiger partial charge on any atom is -0.393 e. The van der Waals surface area contributed by atoms with Gasteiger partial charge in [-0.05, 0) is 25.7 Å². The molecule has 0 aromatic carbocycles. The van der Waals surface area contributed by atoms with Gasteiger partial charge in [-0.3, -0.25) is 0 Å². The lowest BCUT2D eigenvalue weighted by Crippen LogP contribution is -2.00. The number of aliphatic hydroxyl groups is 1. The molecule has 8 heavy (non-hydrogen) atoms. The molecule has 1 nitrogen and oxygen atoms in total. The van der Waals surface area contributed by atoms with Gasteiger partial charge in [0.1, 0.15) is 0 Å². The molecule has 1 heteroatoms. The molecule has 0 aromatic heterocycles. The van der Waals surface area contributed by atoms with Crippen LogP contribution >= 0.6 is 0 Å². The summed E-state index contributed by atoms with van der Waals surface area (Å²) in [6, 6.07) is 0. The highest BCUT2D eigenvalue weighted by molar-refractivity contribution is 4.49. The highest BCUT2D eigenvalue weighted by Gasteiger charge is 1.96. The van der Waals surface area contributed by atoms with E-state index >= 15 is 0 Å². The lowest BCUT2D eigenvalue weighted by atomic mass is 10.1. The van der Waals surface area contributed by atoms with Crippen molar-refractivity contribution in [1.82, 2.24) is 0 Å². The zero-order valence-electron chi connectivity index (χ0n) is 6.02. The summed E-state index contributed by atoms with van der Waals surface area (Å²) in [5.74, 6) is 0.726. The van der Waals surface area contributed by atoms with Crippen LogP contribution in [-0.4, -0.2) is 11.2 Å². The van der Waals surface area contributed by atoms with E-state index in [9.17, 15) is 0 Å². The van der Waals surface area contributed by atoms with Crippen LogP contribution in [0.25, 0.3) is 0 Å². The molecular weight excluding hydrogens is 100 g/mol. The Kier molecular flexibility index (Phi) is 3.88. The summed E-state index contributed by atoms with van der Waals surface area (Å²) in [5, 5.41) is 8.80. The predicted octanol–water partition coefficient (Wildman–Crippen LogP) is 1.80. The maximum absolute atomic E-state index is 8.80. The van der Waals surface area contributed by atoms with Crippen LogP contribution < -0.4 is 0 Å². The molecule has 50 valence electrons. The first-order valence-corrected chi connectivity index (χ1v) is 3.31. The smallest absolute Gasteiger partial charge is 0.0512 e. The van der Waals surface area contributed by atoms with Gasteiger partial charge in [0.15, 0.2) is 0 Å². The van der Waals surface area contributed by atoms with Crippen molar-refractivity contribution in [2.75, 3.05) is 0 Å². The van der Waals surface area contributed by atoms with Gasteiger partial charge in [0.05, 0.1) is 6.10 Å². The van der Waals surface area contributed by atoms with Crippen LogP contribution in [0.15, 0.2) is 0 Å². The molecule has 0 aliphatic heterocycles. The normalized spacial score (nSPS) is 14.6. The summed E-state index contributed by atoms with van der Waals surface area (Å²) in [6.07, 6.45) is 1.97. The van der Waals surface area contributed by atoms with Gasteiger partial charge in [0, 0.05) is 0 Å². The highest BCUT2D eigenvalue weighted by Crippen LogP contribution is 2.05. The van der Waals surface area contributed by atoms with Crippen LogP contribution in [0.1, 0.15) is 33.6 Å². The summed E-state index contributed by atoms with van der Waals surface area (Å²) in [4.78, 5) is 0. The van der Waals surface area contributed by atoms with Crippen LogP contribution in [0, 0.1) is 5.92 Å². The second-order valence-electron chi connectivity index (χ2n) is 2.82. The zero-order valence-corrected chi connectivity index (χ0v) is 6.02. The largest absolute Gasteiger partial charge is 0.393 e. The summed E-state index contributed by atoms with van der Waals surface area (Å²) in [7, 11) is 0. The molecule has 0 bridgehead atoms. The van der Waals surface area contributed by atoms with Crippen LogP contribution in [0.2, 0.25) is 0 Å². The number of aliphatic hydroxyl groups excluding tert-OH is 1. The van der Waals surface area contributed by atoms with Crippen molar-refractivity contribution in [2.45, 2.75) is 39.7 Å². The minimum absolute atomic E-state index is 0.114. The molecule has 0 fully saturated rings. The van der Waals surface area contributed by atoms with E-state index < -0.39 is 0 Å². The lowest BCUT2D eigenvalue weighted by Gasteiger charge is -2.04. The fraction of sp³-hybridized carbons (Fsp3) is 1.00. The van der Waals surface area contributed by atoms with Crippen LogP contribution in [0.5, 0.6) is 0 Å². The predicted molar refractivity (Wildman–Crippen MR) is 35.8 cm³/mol. The average molecular weight is 116 g/mol. The number of hydrogen-bond donors (Lipinski definition) is 1. The quantitative estimate of drug-likeness (QED) is 0.596. The lowest BCUT2D eigenvalue weighted by molar-refractivity contribution is 0.176. The molecule has 1 N–H and O–H groups in total. The van der Waals surface area contributed by atoms with Gasteiger partial charge in [-0.15, -0.1) is 0 Å². The molecule has 0 aliphatic rings. The van der Waals surface area contributed by atoms with Gasteiger partial charge >= 0.3 is 0 Å². The zero-order chi connectivity index (χ0) is 6.57. The van der Waals surface area contributed by atoms with Crippen LogP contribution in [0.4, 0.5) is 0 Å². The molecule has 0 aromatic rings. The number of rotatable bonds is 3. The maximum Gasteiger partial charge on any atom is 0.0512 e. The van der Waals surface area contributed by atoms with Crippen LogP contribution in [-0.2, 0) is 0 Å². The Morgan fingerprint density at radius 3 is 1.75 bits per heavy atom. The van der Waals surface area contributed by atoms with Crippen molar-refractivity contribution in [1.29, 1.82) is 0 Å². The average Bonchev–Trinajstić information content (AvgIpc) is 1.61. The van der Waals surface area contributed by atoms with Gasteiger partial charge in [-0.2, -0.15) is 0 Å². The van der Waals surface area contributed by atoms with E-state index in [0.29, 0.717) is 0 Å². The SMILES string of the molecule is CC(C)CCC(C)O. The van der Waals surface area contributed by atoms with E-state index in [2.05, 4.69) is 13.8 Å². The molecule has 0 heterocycles. The standard InChI is InChI=1S/C7H16O/c1-6(2)4-5-7(3)8/h6-8H,4-5H2,1-3H3. The Balaban J connectivity index is 2.93. The van der Waals surface area contributed by atoms with Crippen molar-refractivity contribution in [3.05, 3.63) is 0 Å². The molecule has 0 rings (SSSR count). The molecule has 1 atom stereocenters.